The van der Waals surface area contributed by atoms with Crippen LogP contribution in [0.15, 0.2) is 18.2 Å². The molecular formula is C14H14ClNO4. The number of halogens is 1. The van der Waals surface area contributed by atoms with E-state index in [4.69, 9.17) is 16.7 Å². The number of hydrogen-bond acceptors (Lipinski definition) is 3. The molecule has 1 aliphatic rings. The van der Waals surface area contributed by atoms with Gasteiger partial charge in [0.2, 0.25) is 0 Å². The van der Waals surface area contributed by atoms with E-state index in [1.807, 2.05) is 0 Å². The van der Waals surface area contributed by atoms with Crippen LogP contribution in [0.4, 0.5) is 0 Å². The van der Waals surface area contributed by atoms with Crippen molar-refractivity contribution in [1.29, 1.82) is 0 Å². The molecule has 0 radical (unpaired) electrons. The van der Waals surface area contributed by atoms with Crippen LogP contribution in [0.1, 0.15) is 29.3 Å². The Morgan fingerprint density at radius 3 is 2.65 bits per heavy atom. The maximum atomic E-state index is 12.6. The number of rotatable bonds is 1. The Kier molecular flexibility index (Phi) is 3.56. The molecule has 0 saturated carbocycles. The zero-order valence-electron chi connectivity index (χ0n) is 11.1. The minimum atomic E-state index is -1.57. The molecule has 0 bridgehead atoms. The lowest BCUT2D eigenvalue weighted by atomic mass is 9.77. The number of ketones is 1. The summed E-state index contributed by atoms with van der Waals surface area (Å²) in [6.07, 6.45) is 0.935. The molecule has 20 heavy (non-hydrogen) atoms. The number of aliphatic carboxylic acids is 1. The van der Waals surface area contributed by atoms with Crippen molar-refractivity contribution < 1.29 is 19.5 Å². The number of amides is 1. The van der Waals surface area contributed by atoms with Crippen LogP contribution in [-0.4, -0.2) is 40.3 Å². The number of benzene rings is 1. The number of aryl methyl sites for hydroxylation is 1. The van der Waals surface area contributed by atoms with Crippen LogP contribution < -0.4 is 0 Å². The van der Waals surface area contributed by atoms with E-state index in [9.17, 15) is 14.4 Å². The number of likely N-dealkylation sites (N-methyl/N-ethyl adjacent to an activating group) is 1. The quantitative estimate of drug-likeness (QED) is 0.801. The maximum Gasteiger partial charge on any atom is 0.394 e. The topological polar surface area (TPSA) is 74.7 Å². The van der Waals surface area contributed by atoms with Crippen molar-refractivity contribution in [2.24, 2.45) is 0 Å². The molecule has 1 aromatic rings. The average Bonchev–Trinajstić information content (AvgIpc) is 2.41. The summed E-state index contributed by atoms with van der Waals surface area (Å²) < 4.78 is 0. The van der Waals surface area contributed by atoms with E-state index in [1.165, 1.54) is 7.05 Å². The fraction of sp³-hybridized carbons (Fsp3) is 0.357. The molecule has 0 aliphatic heterocycles. The van der Waals surface area contributed by atoms with Crippen molar-refractivity contribution in [2.45, 2.75) is 25.3 Å². The average molecular weight is 296 g/mol. The van der Waals surface area contributed by atoms with Gasteiger partial charge in [-0.15, -0.1) is 0 Å². The molecule has 2 rings (SSSR count). The van der Waals surface area contributed by atoms with Crippen LogP contribution in [0.2, 0.25) is 5.02 Å². The summed E-state index contributed by atoms with van der Waals surface area (Å²) in [4.78, 5) is 36.0. The lowest BCUT2D eigenvalue weighted by Gasteiger charge is -2.40. The van der Waals surface area contributed by atoms with E-state index in [1.54, 1.807) is 25.1 Å². The highest BCUT2D eigenvalue weighted by Crippen LogP contribution is 2.33. The van der Waals surface area contributed by atoms with Gasteiger partial charge in [-0.25, -0.2) is 4.79 Å². The maximum absolute atomic E-state index is 12.6. The summed E-state index contributed by atoms with van der Waals surface area (Å²) in [7, 11) is 1.34. The van der Waals surface area contributed by atoms with Crippen LogP contribution in [-0.2, 0) is 16.0 Å². The largest absolute Gasteiger partial charge is 0.474 e. The molecule has 106 valence electrons. The van der Waals surface area contributed by atoms with Gasteiger partial charge in [0.25, 0.3) is 0 Å². The molecule has 1 atom stereocenters. The third kappa shape index (κ3) is 2.18. The van der Waals surface area contributed by atoms with Gasteiger partial charge in [-0.05, 0) is 43.5 Å². The summed E-state index contributed by atoms with van der Waals surface area (Å²) in [5.41, 5.74) is 0.181. The number of Topliss-reactive ketones (excluding diaryl/α,β-unsaturated/α-hetero) is 1. The molecule has 1 N–H and O–H groups in total. The van der Waals surface area contributed by atoms with Gasteiger partial charge in [0.05, 0.1) is 0 Å². The van der Waals surface area contributed by atoms with Crippen LogP contribution in [0.3, 0.4) is 0 Å². The molecule has 0 heterocycles. The van der Waals surface area contributed by atoms with E-state index >= 15 is 0 Å². The van der Waals surface area contributed by atoms with Crippen molar-refractivity contribution in [3.8, 4) is 0 Å². The SMILES string of the molecule is CN(C(=O)C(=O)O)C1(C)CCc2cc(Cl)ccc2C1=O. The molecule has 0 spiro atoms. The highest BCUT2D eigenvalue weighted by atomic mass is 35.5. The number of carbonyl (C=O) groups excluding carboxylic acids is 2. The molecule has 1 amide bonds. The zero-order valence-corrected chi connectivity index (χ0v) is 11.9. The zero-order chi connectivity index (χ0) is 15.1. The minimum absolute atomic E-state index is 0.257. The number of carboxylic acid groups (broad SMARTS) is 1. The van der Waals surface area contributed by atoms with Gasteiger partial charge >= 0.3 is 11.9 Å². The Bertz CT molecular complexity index is 613. The van der Waals surface area contributed by atoms with Gasteiger partial charge in [0, 0.05) is 17.6 Å². The Balaban J connectivity index is 2.41. The van der Waals surface area contributed by atoms with Crippen LogP contribution in [0.5, 0.6) is 0 Å². The monoisotopic (exact) mass is 295 g/mol. The smallest absolute Gasteiger partial charge is 0.394 e. The fourth-order valence-electron chi connectivity index (χ4n) is 2.46. The van der Waals surface area contributed by atoms with Gasteiger partial charge in [-0.1, -0.05) is 11.6 Å². The minimum Gasteiger partial charge on any atom is -0.474 e. The first-order valence-corrected chi connectivity index (χ1v) is 6.49. The van der Waals surface area contributed by atoms with Crippen LogP contribution in [0.25, 0.3) is 0 Å². The van der Waals surface area contributed by atoms with E-state index in [0.717, 1.165) is 10.5 Å². The molecule has 1 aromatic carbocycles. The van der Waals surface area contributed by atoms with Crippen molar-refractivity contribution in [3.05, 3.63) is 34.3 Å². The second-order valence-electron chi connectivity index (χ2n) is 5.07. The molecule has 1 aliphatic carbocycles. The summed E-state index contributed by atoms with van der Waals surface area (Å²) >= 11 is 5.90. The third-order valence-electron chi connectivity index (χ3n) is 3.91. The van der Waals surface area contributed by atoms with Crippen molar-refractivity contribution in [1.82, 2.24) is 4.90 Å². The second kappa shape index (κ2) is 4.90. The van der Waals surface area contributed by atoms with Crippen molar-refractivity contribution in [2.75, 3.05) is 7.05 Å². The fourth-order valence-corrected chi connectivity index (χ4v) is 2.65. The molecular weight excluding hydrogens is 282 g/mol. The second-order valence-corrected chi connectivity index (χ2v) is 5.51. The van der Waals surface area contributed by atoms with E-state index in [-0.39, 0.29) is 5.78 Å². The summed E-state index contributed by atoms with van der Waals surface area (Å²) in [6, 6.07) is 4.97. The first-order chi connectivity index (χ1) is 9.27. The van der Waals surface area contributed by atoms with Gasteiger partial charge in [0.15, 0.2) is 5.78 Å². The predicted octanol–water partition coefficient (Wildman–Crippen LogP) is 1.77. The van der Waals surface area contributed by atoms with E-state index in [0.29, 0.717) is 23.4 Å². The van der Waals surface area contributed by atoms with Crippen molar-refractivity contribution >= 4 is 29.3 Å². The lowest BCUT2D eigenvalue weighted by molar-refractivity contribution is -0.157. The summed E-state index contributed by atoms with van der Waals surface area (Å²) in [6.45, 7) is 1.59. The predicted molar refractivity (Wildman–Crippen MR) is 72.9 cm³/mol. The van der Waals surface area contributed by atoms with Crippen LogP contribution >= 0.6 is 11.6 Å². The lowest BCUT2D eigenvalue weighted by Crippen LogP contribution is -2.56. The molecule has 0 fully saturated rings. The van der Waals surface area contributed by atoms with Gasteiger partial charge in [-0.3, -0.25) is 9.59 Å². The standard InChI is InChI=1S/C14H14ClNO4/c1-14(16(2)12(18)13(19)20)6-5-8-7-9(15)3-4-10(8)11(14)17/h3-4,7H,5-6H2,1-2H3,(H,19,20). The molecule has 5 nitrogen and oxygen atoms in total. The van der Waals surface area contributed by atoms with Crippen molar-refractivity contribution in [3.63, 3.8) is 0 Å². The van der Waals surface area contributed by atoms with Gasteiger partial charge < -0.3 is 10.0 Å². The summed E-state index contributed by atoms with van der Waals surface area (Å²) in [5, 5.41) is 9.35. The number of carboxylic acids is 1. The van der Waals surface area contributed by atoms with Gasteiger partial charge in [-0.2, -0.15) is 0 Å². The first kappa shape index (κ1) is 14.5. The highest BCUT2D eigenvalue weighted by Gasteiger charge is 2.44. The Morgan fingerprint density at radius 1 is 1.40 bits per heavy atom. The highest BCUT2D eigenvalue weighted by molar-refractivity contribution is 6.32. The Morgan fingerprint density at radius 2 is 2.05 bits per heavy atom. The number of hydrogen-bond donors (Lipinski definition) is 1. The summed E-state index contributed by atoms with van der Waals surface area (Å²) in [5.74, 6) is -2.91. The van der Waals surface area contributed by atoms with Crippen LogP contribution in [0, 0.1) is 0 Å². The number of carbonyl (C=O) groups is 3. The van der Waals surface area contributed by atoms with Gasteiger partial charge in [0.1, 0.15) is 5.54 Å². The Hall–Kier alpha value is -1.88. The number of fused-ring (bicyclic) bond motifs is 1. The Labute approximate surface area is 121 Å². The normalized spacial score (nSPS) is 21.2. The molecule has 0 saturated heterocycles. The number of nitrogens with zero attached hydrogens (tertiary/aromatic N) is 1. The molecule has 1 unspecified atom stereocenters. The molecule has 0 aromatic heterocycles. The molecule has 6 heteroatoms. The van der Waals surface area contributed by atoms with E-state index < -0.39 is 17.4 Å². The first-order valence-electron chi connectivity index (χ1n) is 6.11. The van der Waals surface area contributed by atoms with E-state index in [2.05, 4.69) is 0 Å². The third-order valence-corrected chi connectivity index (χ3v) is 4.15.